The van der Waals surface area contributed by atoms with Gasteiger partial charge >= 0.3 is 0 Å². The molecule has 2 aromatic carbocycles. The number of benzene rings is 2. The largest absolute Gasteiger partial charge is 0.486 e. The molecular weight excluding hydrogens is 267 g/mol. The number of Topliss-reactive ketones (excluding diaryl/α,β-unsaturated/α-hetero) is 1. The fraction of sp³-hybridized carbons (Fsp3) is 0.278. The highest BCUT2D eigenvalue weighted by molar-refractivity contribution is 6.00. The topological polar surface area (TPSA) is 26.3 Å². The summed E-state index contributed by atoms with van der Waals surface area (Å²) in [7, 11) is 0. The van der Waals surface area contributed by atoms with Gasteiger partial charge in [0.25, 0.3) is 0 Å². The number of rotatable bonds is 2. The lowest BCUT2D eigenvalue weighted by atomic mass is 9.85. The van der Waals surface area contributed by atoms with E-state index in [0.717, 1.165) is 0 Å². The van der Waals surface area contributed by atoms with Crippen LogP contribution in [0.2, 0.25) is 0 Å². The molecule has 0 saturated carbocycles. The van der Waals surface area contributed by atoms with Crippen LogP contribution in [0, 0.1) is 12.7 Å². The number of hydrogen-bond donors (Lipinski definition) is 0. The molecule has 3 rings (SSSR count). The molecule has 108 valence electrons. The van der Waals surface area contributed by atoms with Crippen molar-refractivity contribution >= 4 is 5.78 Å². The molecule has 0 radical (unpaired) electrons. The second-order valence-electron chi connectivity index (χ2n) is 5.90. The van der Waals surface area contributed by atoms with Gasteiger partial charge in [-0.05, 0) is 43.2 Å². The van der Waals surface area contributed by atoms with Gasteiger partial charge in [0, 0.05) is 6.42 Å². The molecule has 0 bridgehead atoms. The van der Waals surface area contributed by atoms with E-state index in [4.69, 9.17) is 4.74 Å². The first-order valence-electron chi connectivity index (χ1n) is 7.03. The van der Waals surface area contributed by atoms with E-state index in [9.17, 15) is 9.18 Å². The second-order valence-corrected chi connectivity index (χ2v) is 5.90. The van der Waals surface area contributed by atoms with E-state index in [2.05, 4.69) is 6.07 Å². The molecule has 0 saturated heterocycles. The van der Waals surface area contributed by atoms with Crippen molar-refractivity contribution in [2.24, 2.45) is 0 Å². The molecule has 0 spiro atoms. The molecule has 21 heavy (non-hydrogen) atoms. The van der Waals surface area contributed by atoms with Crippen molar-refractivity contribution in [3.05, 3.63) is 65.0 Å². The van der Waals surface area contributed by atoms with E-state index in [1.165, 1.54) is 29.3 Å². The van der Waals surface area contributed by atoms with Crippen molar-refractivity contribution in [2.75, 3.05) is 0 Å². The van der Waals surface area contributed by atoms with Crippen LogP contribution < -0.4 is 4.74 Å². The highest BCUT2D eigenvalue weighted by atomic mass is 19.1. The fourth-order valence-electron chi connectivity index (χ4n) is 2.86. The van der Waals surface area contributed by atoms with Crippen molar-refractivity contribution in [3.63, 3.8) is 0 Å². The van der Waals surface area contributed by atoms with E-state index in [0.29, 0.717) is 17.7 Å². The van der Waals surface area contributed by atoms with Gasteiger partial charge in [0.1, 0.15) is 17.2 Å². The zero-order chi connectivity index (χ0) is 15.0. The van der Waals surface area contributed by atoms with E-state index in [1.54, 1.807) is 0 Å². The van der Waals surface area contributed by atoms with E-state index < -0.39 is 11.4 Å². The van der Waals surface area contributed by atoms with Crippen molar-refractivity contribution < 1.29 is 13.9 Å². The molecule has 1 atom stereocenters. The van der Waals surface area contributed by atoms with Crippen LogP contribution in [-0.4, -0.2) is 11.4 Å². The Morgan fingerprint density at radius 3 is 2.76 bits per heavy atom. The molecule has 3 heteroatoms. The maximum absolute atomic E-state index is 13.3. The van der Waals surface area contributed by atoms with E-state index >= 15 is 0 Å². The number of carbonyl (C=O) groups is 1. The van der Waals surface area contributed by atoms with Gasteiger partial charge in [-0.3, -0.25) is 4.79 Å². The summed E-state index contributed by atoms with van der Waals surface area (Å²) in [5, 5.41) is 0. The third-order valence-electron chi connectivity index (χ3n) is 3.96. The molecule has 0 fully saturated rings. The Balaban J connectivity index is 1.92. The number of carbonyl (C=O) groups excluding carboxylic acids is 1. The lowest BCUT2D eigenvalue weighted by Crippen LogP contribution is -2.41. The summed E-state index contributed by atoms with van der Waals surface area (Å²) in [5.41, 5.74) is 2.10. The first-order chi connectivity index (χ1) is 9.97. The smallest absolute Gasteiger partial charge is 0.170 e. The monoisotopic (exact) mass is 284 g/mol. The predicted octanol–water partition coefficient (Wildman–Crippen LogP) is 4.10. The summed E-state index contributed by atoms with van der Waals surface area (Å²) in [6, 6.07) is 12.2. The average molecular weight is 284 g/mol. The summed E-state index contributed by atoms with van der Waals surface area (Å²) in [5.74, 6) is 0.00350. The van der Waals surface area contributed by atoms with Crippen LogP contribution in [0.5, 0.6) is 5.75 Å². The Morgan fingerprint density at radius 1 is 1.24 bits per heavy atom. The molecule has 2 nitrogen and oxygen atoms in total. The highest BCUT2D eigenvalue weighted by Crippen LogP contribution is 2.35. The van der Waals surface area contributed by atoms with Gasteiger partial charge in [0.15, 0.2) is 5.78 Å². The van der Waals surface area contributed by atoms with Crippen LogP contribution in [0.25, 0.3) is 0 Å². The minimum absolute atomic E-state index is 0.0631. The SMILES string of the molecule is Cc1ccccc1CC1(C)CC(=O)c2cc(F)ccc2O1. The number of ketones is 1. The van der Waals surface area contributed by atoms with Gasteiger partial charge in [-0.25, -0.2) is 4.39 Å². The van der Waals surface area contributed by atoms with Crippen LogP contribution in [0.3, 0.4) is 0 Å². The van der Waals surface area contributed by atoms with Gasteiger partial charge in [-0.2, -0.15) is 0 Å². The predicted molar refractivity (Wildman–Crippen MR) is 79.3 cm³/mol. The molecule has 1 aliphatic rings. The van der Waals surface area contributed by atoms with E-state index in [-0.39, 0.29) is 12.2 Å². The Labute approximate surface area is 123 Å². The van der Waals surface area contributed by atoms with E-state index in [1.807, 2.05) is 32.0 Å². The van der Waals surface area contributed by atoms with Crippen LogP contribution in [0.1, 0.15) is 34.8 Å². The number of halogens is 1. The first-order valence-corrected chi connectivity index (χ1v) is 7.03. The highest BCUT2D eigenvalue weighted by Gasteiger charge is 2.37. The van der Waals surface area contributed by atoms with Gasteiger partial charge in [0.2, 0.25) is 0 Å². The Bertz CT molecular complexity index is 708. The summed E-state index contributed by atoms with van der Waals surface area (Å²) in [6.45, 7) is 3.98. The summed E-state index contributed by atoms with van der Waals surface area (Å²) in [4.78, 5) is 12.3. The molecule has 1 heterocycles. The summed E-state index contributed by atoms with van der Waals surface area (Å²) < 4.78 is 19.3. The maximum Gasteiger partial charge on any atom is 0.170 e. The average Bonchev–Trinajstić information content (AvgIpc) is 2.42. The third-order valence-corrected chi connectivity index (χ3v) is 3.96. The van der Waals surface area contributed by atoms with Crippen molar-refractivity contribution in [3.8, 4) is 5.75 Å². The molecule has 0 amide bonds. The van der Waals surface area contributed by atoms with Crippen molar-refractivity contribution in [2.45, 2.75) is 32.3 Å². The zero-order valence-corrected chi connectivity index (χ0v) is 12.2. The number of aryl methyl sites for hydroxylation is 1. The second kappa shape index (κ2) is 4.99. The summed E-state index contributed by atoms with van der Waals surface area (Å²) in [6.07, 6.45) is 0.917. The molecular formula is C18H17FO2. The minimum Gasteiger partial charge on any atom is -0.486 e. The van der Waals surface area contributed by atoms with Gasteiger partial charge in [-0.15, -0.1) is 0 Å². The molecule has 0 aliphatic carbocycles. The maximum atomic E-state index is 13.3. The Morgan fingerprint density at radius 2 is 2.00 bits per heavy atom. The van der Waals surface area contributed by atoms with Crippen LogP contribution >= 0.6 is 0 Å². The minimum atomic E-state index is -0.589. The lowest BCUT2D eigenvalue weighted by Gasteiger charge is -2.35. The number of ether oxygens (including phenoxy) is 1. The van der Waals surface area contributed by atoms with Gasteiger partial charge < -0.3 is 4.74 Å². The number of hydrogen-bond acceptors (Lipinski definition) is 2. The molecule has 0 aromatic heterocycles. The normalized spacial score (nSPS) is 20.8. The van der Waals surface area contributed by atoms with Crippen molar-refractivity contribution in [1.29, 1.82) is 0 Å². The molecule has 2 aromatic rings. The molecule has 1 unspecified atom stereocenters. The quantitative estimate of drug-likeness (QED) is 0.830. The zero-order valence-electron chi connectivity index (χ0n) is 12.2. The van der Waals surface area contributed by atoms with Crippen molar-refractivity contribution in [1.82, 2.24) is 0 Å². The first kappa shape index (κ1) is 13.8. The standard InChI is InChI=1S/C18H17FO2/c1-12-5-3-4-6-13(12)10-18(2)11-16(20)15-9-14(19)7-8-17(15)21-18/h3-9H,10-11H2,1-2H3. The Hall–Kier alpha value is -2.16. The summed E-state index contributed by atoms with van der Waals surface area (Å²) >= 11 is 0. The Kier molecular flexibility index (Phi) is 3.28. The fourth-order valence-corrected chi connectivity index (χ4v) is 2.86. The lowest BCUT2D eigenvalue weighted by molar-refractivity contribution is 0.0521. The van der Waals surface area contributed by atoms with Gasteiger partial charge in [-0.1, -0.05) is 24.3 Å². The van der Waals surface area contributed by atoms with Crippen LogP contribution in [0.15, 0.2) is 42.5 Å². The molecule has 0 N–H and O–H groups in total. The van der Waals surface area contributed by atoms with Crippen LogP contribution in [-0.2, 0) is 6.42 Å². The third kappa shape index (κ3) is 2.68. The van der Waals surface area contributed by atoms with Gasteiger partial charge in [0.05, 0.1) is 12.0 Å². The van der Waals surface area contributed by atoms with Crippen LogP contribution in [0.4, 0.5) is 4.39 Å². The number of fused-ring (bicyclic) bond motifs is 1. The molecule has 1 aliphatic heterocycles.